The predicted molar refractivity (Wildman–Crippen MR) is 69.2 cm³/mol. The van der Waals surface area contributed by atoms with Crippen molar-refractivity contribution >= 4 is 11.8 Å². The Bertz CT molecular complexity index is 336. The molecule has 0 aliphatic carbocycles. The number of pyridine rings is 1. The van der Waals surface area contributed by atoms with Gasteiger partial charge in [0.25, 0.3) is 0 Å². The summed E-state index contributed by atoms with van der Waals surface area (Å²) >= 11 is 1.87. The van der Waals surface area contributed by atoms with Crippen LogP contribution in [0.25, 0.3) is 0 Å². The zero-order valence-electron chi connectivity index (χ0n) is 10.1. The number of hydrogen-bond acceptors (Lipinski definition) is 4. The Hall–Kier alpha value is -0.580. The molecule has 0 radical (unpaired) electrons. The Labute approximate surface area is 107 Å². The van der Waals surface area contributed by atoms with Crippen molar-refractivity contribution in [2.24, 2.45) is 0 Å². The van der Waals surface area contributed by atoms with Gasteiger partial charge in [-0.3, -0.25) is 4.98 Å². The van der Waals surface area contributed by atoms with E-state index in [1.165, 1.54) is 4.90 Å². The summed E-state index contributed by atoms with van der Waals surface area (Å²) in [4.78, 5) is 5.50. The fraction of sp³-hybridized carbons (Fsp3) is 0.615. The molecule has 2 heterocycles. The second-order valence-electron chi connectivity index (χ2n) is 4.27. The monoisotopic (exact) mass is 253 g/mol. The van der Waals surface area contributed by atoms with E-state index in [2.05, 4.69) is 11.1 Å². The summed E-state index contributed by atoms with van der Waals surface area (Å²) < 4.78 is 5.34. The topological polar surface area (TPSA) is 42.4 Å². The number of aliphatic hydroxyl groups excluding tert-OH is 1. The van der Waals surface area contributed by atoms with Gasteiger partial charge in [-0.2, -0.15) is 0 Å². The molecule has 1 saturated heterocycles. The van der Waals surface area contributed by atoms with Gasteiger partial charge in [-0.1, -0.05) is 6.92 Å². The third-order valence-electron chi connectivity index (χ3n) is 2.96. The Morgan fingerprint density at radius 2 is 2.24 bits per heavy atom. The van der Waals surface area contributed by atoms with E-state index in [1.54, 1.807) is 0 Å². The summed E-state index contributed by atoms with van der Waals surface area (Å²) in [5.74, 6) is 0. The van der Waals surface area contributed by atoms with Crippen LogP contribution >= 0.6 is 11.8 Å². The minimum Gasteiger partial charge on any atom is -0.387 e. The number of aromatic nitrogens is 1. The van der Waals surface area contributed by atoms with Crippen LogP contribution in [0.15, 0.2) is 23.2 Å². The molecule has 0 bridgehead atoms. The summed E-state index contributed by atoms with van der Waals surface area (Å²) in [6.45, 7) is 3.70. The van der Waals surface area contributed by atoms with Crippen LogP contribution in [0.3, 0.4) is 0 Å². The molecule has 1 N–H and O–H groups in total. The largest absolute Gasteiger partial charge is 0.387 e. The lowest BCUT2D eigenvalue weighted by Crippen LogP contribution is -2.17. The molecule has 0 amide bonds. The van der Waals surface area contributed by atoms with E-state index in [1.807, 2.05) is 30.9 Å². The Balaban J connectivity index is 1.93. The van der Waals surface area contributed by atoms with Crippen molar-refractivity contribution in [3.05, 3.63) is 24.0 Å². The fourth-order valence-electron chi connectivity index (χ4n) is 1.85. The highest BCUT2D eigenvalue weighted by atomic mass is 32.2. The van der Waals surface area contributed by atoms with Gasteiger partial charge in [0.05, 0.1) is 11.8 Å². The Kier molecular flexibility index (Phi) is 4.83. The molecule has 17 heavy (non-hydrogen) atoms. The molecular formula is C13H19NO2S. The maximum absolute atomic E-state index is 9.66. The number of nitrogens with zero attached hydrogens (tertiary/aromatic N) is 1. The lowest BCUT2D eigenvalue weighted by atomic mass is 10.2. The minimum absolute atomic E-state index is 0.433. The van der Waals surface area contributed by atoms with E-state index in [9.17, 15) is 5.11 Å². The molecule has 0 spiro atoms. The number of rotatable bonds is 4. The van der Waals surface area contributed by atoms with Crippen LogP contribution in [0.2, 0.25) is 0 Å². The molecule has 1 aliphatic heterocycles. The normalized spacial score (nSPS) is 19.2. The van der Waals surface area contributed by atoms with Crippen molar-refractivity contribution in [2.45, 2.75) is 42.4 Å². The van der Waals surface area contributed by atoms with Crippen LogP contribution in [-0.4, -0.2) is 28.6 Å². The van der Waals surface area contributed by atoms with E-state index >= 15 is 0 Å². The fourth-order valence-corrected chi connectivity index (χ4v) is 2.93. The van der Waals surface area contributed by atoms with Gasteiger partial charge >= 0.3 is 0 Å². The quantitative estimate of drug-likeness (QED) is 0.896. The van der Waals surface area contributed by atoms with E-state index < -0.39 is 6.10 Å². The van der Waals surface area contributed by atoms with Gasteiger partial charge in [-0.15, -0.1) is 11.8 Å². The van der Waals surface area contributed by atoms with E-state index in [4.69, 9.17) is 4.74 Å². The number of ether oxygens (including phenoxy) is 1. The van der Waals surface area contributed by atoms with Gasteiger partial charge in [0, 0.05) is 29.6 Å². The van der Waals surface area contributed by atoms with Crippen LogP contribution in [0.5, 0.6) is 0 Å². The van der Waals surface area contributed by atoms with Crippen LogP contribution in [0.4, 0.5) is 0 Å². The van der Waals surface area contributed by atoms with E-state index in [-0.39, 0.29) is 0 Å². The number of hydrogen-bond donors (Lipinski definition) is 1. The highest BCUT2D eigenvalue weighted by Gasteiger charge is 2.15. The summed E-state index contributed by atoms with van der Waals surface area (Å²) in [7, 11) is 0. The van der Waals surface area contributed by atoms with Crippen molar-refractivity contribution in [1.82, 2.24) is 4.98 Å². The molecule has 0 saturated carbocycles. The standard InChI is InChI=1S/C13H19NO2S/c1-2-13(15)12-4-3-11(9-14-12)17-10-5-7-16-8-6-10/h3-4,9-10,13,15H,2,5-8H2,1H3/t13-/m0/s1. The Morgan fingerprint density at radius 3 is 2.82 bits per heavy atom. The van der Waals surface area contributed by atoms with Gasteiger partial charge in [0.15, 0.2) is 0 Å². The summed E-state index contributed by atoms with van der Waals surface area (Å²) in [6.07, 6.45) is 4.37. The van der Waals surface area contributed by atoms with Gasteiger partial charge in [0.1, 0.15) is 0 Å². The first kappa shape index (κ1) is 12.9. The SMILES string of the molecule is CC[C@H](O)c1ccc(SC2CCOCC2)cn1. The molecule has 1 atom stereocenters. The average Bonchev–Trinajstić information content (AvgIpc) is 2.40. The molecule has 4 heteroatoms. The molecule has 1 aliphatic rings. The van der Waals surface area contributed by atoms with Gasteiger partial charge in [-0.05, 0) is 31.4 Å². The Morgan fingerprint density at radius 1 is 1.47 bits per heavy atom. The highest BCUT2D eigenvalue weighted by molar-refractivity contribution is 8.00. The lowest BCUT2D eigenvalue weighted by Gasteiger charge is -2.21. The number of aliphatic hydroxyl groups is 1. The van der Waals surface area contributed by atoms with Crippen LogP contribution in [-0.2, 0) is 4.74 Å². The van der Waals surface area contributed by atoms with Crippen molar-refractivity contribution in [2.75, 3.05) is 13.2 Å². The first-order valence-electron chi connectivity index (χ1n) is 6.18. The van der Waals surface area contributed by atoms with Gasteiger partial charge in [-0.25, -0.2) is 0 Å². The van der Waals surface area contributed by atoms with Crippen molar-refractivity contribution in [3.8, 4) is 0 Å². The highest BCUT2D eigenvalue weighted by Crippen LogP contribution is 2.29. The maximum atomic E-state index is 9.66. The second-order valence-corrected chi connectivity index (χ2v) is 5.65. The van der Waals surface area contributed by atoms with Crippen molar-refractivity contribution in [1.29, 1.82) is 0 Å². The average molecular weight is 253 g/mol. The maximum Gasteiger partial charge on any atom is 0.0957 e. The molecule has 1 aromatic rings. The van der Waals surface area contributed by atoms with Crippen molar-refractivity contribution in [3.63, 3.8) is 0 Å². The van der Waals surface area contributed by atoms with Crippen LogP contribution < -0.4 is 0 Å². The van der Waals surface area contributed by atoms with E-state index in [0.29, 0.717) is 11.7 Å². The lowest BCUT2D eigenvalue weighted by molar-refractivity contribution is 0.100. The zero-order valence-corrected chi connectivity index (χ0v) is 10.9. The third-order valence-corrected chi connectivity index (χ3v) is 4.28. The van der Waals surface area contributed by atoms with Crippen molar-refractivity contribution < 1.29 is 9.84 Å². The molecule has 0 aromatic carbocycles. The van der Waals surface area contributed by atoms with E-state index in [0.717, 1.165) is 31.7 Å². The van der Waals surface area contributed by atoms with Crippen LogP contribution in [0.1, 0.15) is 38.0 Å². The molecular weight excluding hydrogens is 234 g/mol. The first-order chi connectivity index (χ1) is 8.29. The van der Waals surface area contributed by atoms with Gasteiger partial charge < -0.3 is 9.84 Å². The third kappa shape index (κ3) is 3.69. The summed E-state index contributed by atoms with van der Waals surface area (Å²) in [5.41, 5.74) is 0.767. The molecule has 3 nitrogen and oxygen atoms in total. The predicted octanol–water partition coefficient (Wildman–Crippen LogP) is 2.80. The summed E-state index contributed by atoms with van der Waals surface area (Å²) in [6, 6.07) is 3.98. The molecule has 0 unspecified atom stereocenters. The smallest absolute Gasteiger partial charge is 0.0957 e. The minimum atomic E-state index is -0.433. The molecule has 1 aromatic heterocycles. The van der Waals surface area contributed by atoms with Gasteiger partial charge in [0.2, 0.25) is 0 Å². The first-order valence-corrected chi connectivity index (χ1v) is 7.06. The second kappa shape index (κ2) is 6.38. The zero-order chi connectivity index (χ0) is 12.1. The number of thioether (sulfide) groups is 1. The molecule has 94 valence electrons. The molecule has 1 fully saturated rings. The van der Waals surface area contributed by atoms with Crippen LogP contribution in [0, 0.1) is 0 Å². The summed E-state index contributed by atoms with van der Waals surface area (Å²) in [5, 5.41) is 10.3. The molecule has 2 rings (SSSR count).